The normalized spacial score (nSPS) is 14.1. The van der Waals surface area contributed by atoms with Crippen LogP contribution in [0.4, 0.5) is 0 Å². The Balaban J connectivity index is 1.88. The average Bonchev–Trinajstić information content (AvgIpc) is 3.58. The fourth-order valence-corrected chi connectivity index (χ4v) is 4.16. The predicted molar refractivity (Wildman–Crippen MR) is 130 cm³/mol. The molecule has 1 saturated carbocycles. The molecule has 36 heavy (non-hydrogen) atoms. The van der Waals surface area contributed by atoms with E-state index >= 15 is 0 Å². The second kappa shape index (κ2) is 13.3. The zero-order valence-corrected chi connectivity index (χ0v) is 20.7. The second-order valence-electron chi connectivity index (χ2n) is 8.38. The molecule has 1 aliphatic carbocycles. The zero-order valence-electron chi connectivity index (χ0n) is 20.7. The molecule has 1 heterocycles. The van der Waals surface area contributed by atoms with Crippen molar-refractivity contribution in [1.29, 1.82) is 0 Å². The van der Waals surface area contributed by atoms with Crippen LogP contribution in [-0.2, 0) is 19.1 Å². The van der Waals surface area contributed by atoms with Crippen molar-refractivity contribution in [3.63, 3.8) is 0 Å². The summed E-state index contributed by atoms with van der Waals surface area (Å²) in [4.78, 5) is 52.8. The lowest BCUT2D eigenvalue weighted by Crippen LogP contribution is -2.50. The molecule has 0 aliphatic heterocycles. The van der Waals surface area contributed by atoms with Gasteiger partial charge in [0.05, 0.1) is 26.0 Å². The molecule has 2 N–H and O–H groups in total. The predicted octanol–water partition coefficient (Wildman–Crippen LogP) is 2.60. The number of furan rings is 1. The molecule has 0 bridgehead atoms. The monoisotopic (exact) mass is 499 g/mol. The minimum absolute atomic E-state index is 0.000832. The summed E-state index contributed by atoms with van der Waals surface area (Å²) in [5, 5.41) is 5.51. The minimum Gasteiger partial charge on any atom is -0.494 e. The molecule has 10 heteroatoms. The van der Waals surface area contributed by atoms with E-state index in [4.69, 9.17) is 13.9 Å². The number of rotatable bonds is 12. The first-order chi connectivity index (χ1) is 17.4. The van der Waals surface area contributed by atoms with Crippen LogP contribution in [-0.4, -0.2) is 60.9 Å². The smallest absolute Gasteiger partial charge is 0.325 e. The van der Waals surface area contributed by atoms with Crippen LogP contribution >= 0.6 is 0 Å². The fourth-order valence-electron chi connectivity index (χ4n) is 4.16. The van der Waals surface area contributed by atoms with Crippen LogP contribution in [0.1, 0.15) is 61.7 Å². The zero-order chi connectivity index (χ0) is 25.9. The number of amides is 3. The van der Waals surface area contributed by atoms with Crippen LogP contribution in [0.5, 0.6) is 5.75 Å². The number of carbonyl (C=O) groups is 4. The van der Waals surface area contributed by atoms with E-state index in [0.29, 0.717) is 17.9 Å². The van der Waals surface area contributed by atoms with E-state index in [1.54, 1.807) is 37.3 Å². The molecule has 1 atom stereocenters. The van der Waals surface area contributed by atoms with Crippen LogP contribution in [0.3, 0.4) is 0 Å². The maximum absolute atomic E-state index is 13.5. The van der Waals surface area contributed by atoms with Crippen molar-refractivity contribution in [3.8, 4) is 5.75 Å². The number of esters is 1. The van der Waals surface area contributed by atoms with Crippen LogP contribution in [0.25, 0.3) is 0 Å². The lowest BCUT2D eigenvalue weighted by Gasteiger charge is -2.31. The summed E-state index contributed by atoms with van der Waals surface area (Å²) in [7, 11) is 0. The number of hydrogen-bond acceptors (Lipinski definition) is 7. The summed E-state index contributed by atoms with van der Waals surface area (Å²) in [5.41, 5.74) is 0.504. The minimum atomic E-state index is -1.11. The first-order valence-corrected chi connectivity index (χ1v) is 12.2. The highest BCUT2D eigenvalue weighted by Gasteiger charge is 2.35. The first kappa shape index (κ1) is 26.8. The molecule has 3 rings (SSSR count). The molecular formula is C26H33N3O7. The Morgan fingerprint density at radius 1 is 1.06 bits per heavy atom. The largest absolute Gasteiger partial charge is 0.494 e. The first-order valence-electron chi connectivity index (χ1n) is 12.2. The van der Waals surface area contributed by atoms with Gasteiger partial charge in [0.25, 0.3) is 5.91 Å². The second-order valence-corrected chi connectivity index (χ2v) is 8.38. The molecule has 1 aromatic carbocycles. The highest BCUT2D eigenvalue weighted by molar-refractivity contribution is 5.96. The van der Waals surface area contributed by atoms with Crippen molar-refractivity contribution < 1.29 is 33.1 Å². The Hall–Kier alpha value is -3.82. The van der Waals surface area contributed by atoms with Crippen molar-refractivity contribution in [1.82, 2.24) is 15.5 Å². The van der Waals surface area contributed by atoms with Crippen molar-refractivity contribution in [2.45, 2.75) is 51.6 Å². The SMILES string of the molecule is CCOC(=O)CN(C(=O)CNC(=O)c1ccco1)[C@@H](C(=O)NC1CCCC1)c1ccc(OCC)cc1. The van der Waals surface area contributed by atoms with Gasteiger partial charge < -0.3 is 29.4 Å². The van der Waals surface area contributed by atoms with Gasteiger partial charge >= 0.3 is 5.97 Å². The molecule has 194 valence electrons. The van der Waals surface area contributed by atoms with Crippen LogP contribution in [0, 0.1) is 0 Å². The Labute approximate surface area is 210 Å². The highest BCUT2D eigenvalue weighted by atomic mass is 16.5. The van der Waals surface area contributed by atoms with E-state index in [2.05, 4.69) is 10.6 Å². The third kappa shape index (κ3) is 7.34. The molecule has 0 spiro atoms. The van der Waals surface area contributed by atoms with E-state index in [1.807, 2.05) is 6.92 Å². The standard InChI is InChI=1S/C26H33N3O7/c1-3-34-20-13-11-18(12-14-20)24(26(33)28-19-8-5-6-9-19)29(17-23(31)35-4-2)22(30)16-27-25(32)21-10-7-15-36-21/h7,10-15,19,24H,3-6,8-9,16-17H2,1-2H3,(H,27,32)(H,28,33)/t24-/m1/s1. The Bertz CT molecular complexity index is 1010. The molecule has 0 radical (unpaired) electrons. The number of nitrogens with zero attached hydrogens (tertiary/aromatic N) is 1. The lowest BCUT2D eigenvalue weighted by molar-refractivity contribution is -0.152. The van der Waals surface area contributed by atoms with E-state index < -0.39 is 42.8 Å². The third-order valence-corrected chi connectivity index (χ3v) is 5.84. The van der Waals surface area contributed by atoms with Crippen LogP contribution in [0.15, 0.2) is 47.1 Å². The van der Waals surface area contributed by atoms with Crippen molar-refractivity contribution in [3.05, 3.63) is 54.0 Å². The Morgan fingerprint density at radius 3 is 2.39 bits per heavy atom. The van der Waals surface area contributed by atoms with Crippen molar-refractivity contribution in [2.24, 2.45) is 0 Å². The highest BCUT2D eigenvalue weighted by Crippen LogP contribution is 2.26. The van der Waals surface area contributed by atoms with E-state index in [-0.39, 0.29) is 18.4 Å². The van der Waals surface area contributed by atoms with Gasteiger partial charge in [-0.1, -0.05) is 25.0 Å². The summed E-state index contributed by atoms with van der Waals surface area (Å²) in [6.45, 7) is 3.22. The maximum Gasteiger partial charge on any atom is 0.325 e. The summed E-state index contributed by atoms with van der Waals surface area (Å²) >= 11 is 0. The van der Waals surface area contributed by atoms with Gasteiger partial charge in [-0.15, -0.1) is 0 Å². The summed E-state index contributed by atoms with van der Waals surface area (Å²) in [5.74, 6) is -1.61. The summed E-state index contributed by atoms with van der Waals surface area (Å²) in [6.07, 6.45) is 5.09. The van der Waals surface area contributed by atoms with Gasteiger partial charge in [0.2, 0.25) is 11.8 Å². The van der Waals surface area contributed by atoms with Crippen LogP contribution in [0.2, 0.25) is 0 Å². The van der Waals surface area contributed by atoms with Gasteiger partial charge in [-0.05, 0) is 56.5 Å². The van der Waals surface area contributed by atoms with Gasteiger partial charge in [-0.3, -0.25) is 19.2 Å². The third-order valence-electron chi connectivity index (χ3n) is 5.84. The van der Waals surface area contributed by atoms with Crippen LogP contribution < -0.4 is 15.4 Å². The van der Waals surface area contributed by atoms with E-state index in [9.17, 15) is 19.2 Å². The maximum atomic E-state index is 13.5. The van der Waals surface area contributed by atoms with Crippen molar-refractivity contribution >= 4 is 23.7 Å². The van der Waals surface area contributed by atoms with E-state index in [1.165, 1.54) is 12.3 Å². The van der Waals surface area contributed by atoms with Gasteiger partial charge in [0, 0.05) is 6.04 Å². The molecule has 1 aromatic heterocycles. The fraction of sp³-hybridized carbons (Fsp3) is 0.462. The Kier molecular flexibility index (Phi) is 9.91. The topological polar surface area (TPSA) is 127 Å². The molecule has 3 amide bonds. The number of ether oxygens (including phenoxy) is 2. The lowest BCUT2D eigenvalue weighted by atomic mass is 10.0. The summed E-state index contributed by atoms with van der Waals surface area (Å²) < 4.78 is 15.6. The summed E-state index contributed by atoms with van der Waals surface area (Å²) in [6, 6.07) is 8.71. The number of nitrogens with one attached hydrogen (secondary N) is 2. The number of carbonyl (C=O) groups excluding carboxylic acids is 4. The van der Waals surface area contributed by atoms with Gasteiger partial charge in [0.15, 0.2) is 5.76 Å². The number of hydrogen-bond donors (Lipinski definition) is 2. The van der Waals surface area contributed by atoms with E-state index in [0.717, 1.165) is 30.6 Å². The number of benzene rings is 1. The quantitative estimate of drug-likeness (QED) is 0.430. The van der Waals surface area contributed by atoms with Crippen molar-refractivity contribution in [2.75, 3.05) is 26.3 Å². The average molecular weight is 500 g/mol. The molecule has 2 aromatic rings. The van der Waals surface area contributed by atoms with Gasteiger partial charge in [-0.25, -0.2) is 0 Å². The molecule has 1 aliphatic rings. The Morgan fingerprint density at radius 2 is 1.78 bits per heavy atom. The molecule has 1 fully saturated rings. The molecular weight excluding hydrogens is 466 g/mol. The van der Waals surface area contributed by atoms with Gasteiger partial charge in [-0.2, -0.15) is 0 Å². The molecule has 0 saturated heterocycles. The molecule has 0 unspecified atom stereocenters. The molecule has 10 nitrogen and oxygen atoms in total. The van der Waals surface area contributed by atoms with Gasteiger partial charge in [0.1, 0.15) is 18.3 Å².